The van der Waals surface area contributed by atoms with Gasteiger partial charge in [-0.15, -0.1) is 0 Å². The molecule has 3 rings (SSSR count). The first-order valence-electron chi connectivity index (χ1n) is 9.09. The van der Waals surface area contributed by atoms with Crippen LogP contribution in [0.3, 0.4) is 0 Å². The highest BCUT2D eigenvalue weighted by molar-refractivity contribution is 5.77. The fourth-order valence-corrected chi connectivity index (χ4v) is 2.89. The second-order valence-corrected chi connectivity index (χ2v) is 6.90. The van der Waals surface area contributed by atoms with Gasteiger partial charge in [-0.1, -0.05) is 90.0 Å². The molecule has 0 aliphatic rings. The number of nitriles is 1. The molecule has 0 aromatic heterocycles. The highest BCUT2D eigenvalue weighted by Gasteiger charge is 2.04. The zero-order valence-electron chi connectivity index (χ0n) is 16.0. The molecular weight excluding hydrogens is 326 g/mol. The van der Waals surface area contributed by atoms with Crippen molar-refractivity contribution in [3.05, 3.63) is 105 Å². The third kappa shape index (κ3) is 4.84. The third-order valence-corrected chi connectivity index (χ3v) is 4.62. The molecule has 0 N–H and O–H groups in total. The van der Waals surface area contributed by atoms with Crippen molar-refractivity contribution in [1.82, 2.24) is 0 Å². The van der Waals surface area contributed by atoms with Crippen molar-refractivity contribution in [2.75, 3.05) is 0 Å². The number of rotatable bonds is 4. The second kappa shape index (κ2) is 8.34. The Labute approximate surface area is 161 Å². The SMILES string of the molecule is Cc1ccc(/C=C/c2cc(C#N)c(/C=C/c3ccc(C)cc3)cc2C)cc1. The maximum absolute atomic E-state index is 9.58. The smallest absolute Gasteiger partial charge is 0.0998 e. The number of aryl methyl sites for hydroxylation is 3. The van der Waals surface area contributed by atoms with Crippen LogP contribution in [0.2, 0.25) is 0 Å². The lowest BCUT2D eigenvalue weighted by atomic mass is 9.98. The monoisotopic (exact) mass is 349 g/mol. The van der Waals surface area contributed by atoms with Gasteiger partial charge >= 0.3 is 0 Å². The minimum atomic E-state index is 0.688. The molecule has 0 fully saturated rings. The van der Waals surface area contributed by atoms with Crippen LogP contribution >= 0.6 is 0 Å². The number of hydrogen-bond donors (Lipinski definition) is 0. The molecule has 0 unspecified atom stereocenters. The van der Waals surface area contributed by atoms with Crippen molar-refractivity contribution in [3.8, 4) is 6.07 Å². The topological polar surface area (TPSA) is 23.8 Å². The molecule has 3 aromatic carbocycles. The maximum Gasteiger partial charge on any atom is 0.0998 e. The van der Waals surface area contributed by atoms with E-state index in [2.05, 4.69) is 99.7 Å². The van der Waals surface area contributed by atoms with Gasteiger partial charge in [0.15, 0.2) is 0 Å². The minimum absolute atomic E-state index is 0.688. The van der Waals surface area contributed by atoms with Crippen molar-refractivity contribution < 1.29 is 0 Å². The van der Waals surface area contributed by atoms with Crippen LogP contribution < -0.4 is 0 Å². The molecule has 0 aliphatic heterocycles. The summed E-state index contributed by atoms with van der Waals surface area (Å²) in [6, 6.07) is 23.1. The van der Waals surface area contributed by atoms with Gasteiger partial charge in [0, 0.05) is 0 Å². The van der Waals surface area contributed by atoms with E-state index in [0.29, 0.717) is 5.56 Å². The average molecular weight is 349 g/mol. The van der Waals surface area contributed by atoms with Crippen LogP contribution in [0.5, 0.6) is 0 Å². The average Bonchev–Trinajstić information content (AvgIpc) is 2.68. The Hall–Kier alpha value is -3.37. The predicted octanol–water partition coefficient (Wildman–Crippen LogP) is 6.82. The minimum Gasteiger partial charge on any atom is -0.192 e. The third-order valence-electron chi connectivity index (χ3n) is 4.62. The molecule has 0 spiro atoms. The lowest BCUT2D eigenvalue weighted by Crippen LogP contribution is -1.89. The van der Waals surface area contributed by atoms with Crippen molar-refractivity contribution in [2.24, 2.45) is 0 Å². The second-order valence-electron chi connectivity index (χ2n) is 6.90. The van der Waals surface area contributed by atoms with E-state index >= 15 is 0 Å². The highest BCUT2D eigenvalue weighted by Crippen LogP contribution is 2.21. The van der Waals surface area contributed by atoms with Gasteiger partial charge in [-0.25, -0.2) is 0 Å². The molecule has 0 bridgehead atoms. The Morgan fingerprint density at radius 2 is 1.11 bits per heavy atom. The van der Waals surface area contributed by atoms with Gasteiger partial charge in [0.2, 0.25) is 0 Å². The zero-order chi connectivity index (χ0) is 19.2. The summed E-state index contributed by atoms with van der Waals surface area (Å²) in [6.07, 6.45) is 8.24. The Morgan fingerprint density at radius 1 is 0.630 bits per heavy atom. The summed E-state index contributed by atoms with van der Waals surface area (Å²) < 4.78 is 0. The number of nitrogens with zero attached hydrogens (tertiary/aromatic N) is 1. The van der Waals surface area contributed by atoms with Gasteiger partial charge in [-0.3, -0.25) is 0 Å². The largest absolute Gasteiger partial charge is 0.192 e. The lowest BCUT2D eigenvalue weighted by molar-refractivity contribution is 1.39. The van der Waals surface area contributed by atoms with E-state index in [0.717, 1.165) is 27.8 Å². The molecule has 0 radical (unpaired) electrons. The van der Waals surface area contributed by atoms with E-state index < -0.39 is 0 Å². The van der Waals surface area contributed by atoms with Gasteiger partial charge < -0.3 is 0 Å². The lowest BCUT2D eigenvalue weighted by Gasteiger charge is -2.06. The van der Waals surface area contributed by atoms with E-state index in [9.17, 15) is 5.26 Å². The van der Waals surface area contributed by atoms with Crippen LogP contribution in [0.4, 0.5) is 0 Å². The van der Waals surface area contributed by atoms with Crippen LogP contribution in [-0.4, -0.2) is 0 Å². The molecule has 0 amide bonds. The first kappa shape index (κ1) is 18.4. The first-order valence-corrected chi connectivity index (χ1v) is 9.09. The van der Waals surface area contributed by atoms with Crippen molar-refractivity contribution in [3.63, 3.8) is 0 Å². The fourth-order valence-electron chi connectivity index (χ4n) is 2.89. The Bertz CT molecular complexity index is 1030. The molecule has 1 nitrogen and oxygen atoms in total. The van der Waals surface area contributed by atoms with E-state index in [-0.39, 0.29) is 0 Å². The summed E-state index contributed by atoms with van der Waals surface area (Å²) in [5, 5.41) is 9.58. The fraction of sp³-hybridized carbons (Fsp3) is 0.115. The molecular formula is C26H23N. The van der Waals surface area contributed by atoms with Crippen molar-refractivity contribution in [2.45, 2.75) is 20.8 Å². The molecule has 0 saturated carbocycles. The standard InChI is InChI=1S/C26H23N/c1-19-4-8-22(9-5-19)12-14-24-17-26(18-27)25(16-21(24)3)15-13-23-10-6-20(2)7-11-23/h4-17H,1-3H3/b14-12+,15-13+. The molecule has 27 heavy (non-hydrogen) atoms. The summed E-state index contributed by atoms with van der Waals surface area (Å²) in [5.74, 6) is 0. The summed E-state index contributed by atoms with van der Waals surface area (Å²) in [7, 11) is 0. The normalized spacial score (nSPS) is 11.2. The summed E-state index contributed by atoms with van der Waals surface area (Å²) >= 11 is 0. The van der Waals surface area contributed by atoms with Crippen molar-refractivity contribution >= 4 is 24.3 Å². The Morgan fingerprint density at radius 3 is 1.59 bits per heavy atom. The van der Waals surface area contributed by atoms with Crippen LogP contribution in [0.25, 0.3) is 24.3 Å². The van der Waals surface area contributed by atoms with E-state index in [1.165, 1.54) is 11.1 Å². The van der Waals surface area contributed by atoms with E-state index in [4.69, 9.17) is 0 Å². The molecule has 3 aromatic rings. The van der Waals surface area contributed by atoms with Gasteiger partial charge in [0.25, 0.3) is 0 Å². The molecule has 132 valence electrons. The molecule has 0 aliphatic carbocycles. The van der Waals surface area contributed by atoms with E-state index in [1.54, 1.807) is 0 Å². The van der Waals surface area contributed by atoms with Crippen LogP contribution in [-0.2, 0) is 0 Å². The summed E-state index contributed by atoms with van der Waals surface area (Å²) in [6.45, 7) is 6.24. The highest BCUT2D eigenvalue weighted by atomic mass is 14.2. The van der Waals surface area contributed by atoms with Gasteiger partial charge in [0.05, 0.1) is 11.6 Å². The Kier molecular flexibility index (Phi) is 5.69. The summed E-state index contributed by atoms with van der Waals surface area (Å²) in [5.41, 5.74) is 8.63. The first-order chi connectivity index (χ1) is 13.0. The van der Waals surface area contributed by atoms with Gasteiger partial charge in [-0.2, -0.15) is 5.26 Å². The van der Waals surface area contributed by atoms with E-state index in [1.807, 2.05) is 12.1 Å². The van der Waals surface area contributed by atoms with Crippen LogP contribution in [0.1, 0.15) is 44.5 Å². The Balaban J connectivity index is 1.87. The predicted molar refractivity (Wildman–Crippen MR) is 116 cm³/mol. The van der Waals surface area contributed by atoms with Gasteiger partial charge in [0.1, 0.15) is 0 Å². The molecule has 0 saturated heterocycles. The number of hydrogen-bond acceptors (Lipinski definition) is 1. The molecule has 0 atom stereocenters. The van der Waals surface area contributed by atoms with Gasteiger partial charge in [-0.05, 0) is 54.7 Å². The maximum atomic E-state index is 9.58. The number of benzene rings is 3. The van der Waals surface area contributed by atoms with Crippen LogP contribution in [0, 0.1) is 32.1 Å². The zero-order valence-corrected chi connectivity index (χ0v) is 16.0. The molecule has 0 heterocycles. The quantitative estimate of drug-likeness (QED) is 0.474. The van der Waals surface area contributed by atoms with Crippen LogP contribution in [0.15, 0.2) is 60.7 Å². The molecule has 1 heteroatoms. The summed E-state index contributed by atoms with van der Waals surface area (Å²) in [4.78, 5) is 0. The van der Waals surface area contributed by atoms with Crippen molar-refractivity contribution in [1.29, 1.82) is 5.26 Å².